The van der Waals surface area contributed by atoms with Gasteiger partial charge in [0.1, 0.15) is 23.1 Å². The molecule has 2 aromatic carbocycles. The summed E-state index contributed by atoms with van der Waals surface area (Å²) in [6.07, 6.45) is 4.06. The Morgan fingerprint density at radius 1 is 0.857 bits per heavy atom. The third-order valence-electron chi connectivity index (χ3n) is 5.70. The normalized spacial score (nSPS) is 18.4. The molecule has 0 aliphatic heterocycles. The van der Waals surface area contributed by atoms with Crippen LogP contribution < -0.4 is 14.2 Å². The molecule has 182 valence electrons. The van der Waals surface area contributed by atoms with Crippen molar-refractivity contribution in [2.75, 3.05) is 28.4 Å². The van der Waals surface area contributed by atoms with Crippen LogP contribution in [0.25, 0.3) is 5.57 Å². The molecule has 2 aliphatic rings. The number of carbonyl (C=O) groups is 2. The minimum Gasteiger partial charge on any atom is -0.499 e. The van der Waals surface area contributed by atoms with Crippen molar-refractivity contribution >= 4 is 17.3 Å². The fraction of sp³-hybridized carbons (Fsp3) is 0.200. The molecule has 7 nitrogen and oxygen atoms in total. The number of esters is 1. The highest BCUT2D eigenvalue weighted by Crippen LogP contribution is 2.53. The number of benzene rings is 2. The topological polar surface area (TPSA) is 80.3 Å². The van der Waals surface area contributed by atoms with E-state index in [1.54, 1.807) is 6.07 Å². The second-order valence-electron chi connectivity index (χ2n) is 7.56. The lowest BCUT2D eigenvalue weighted by molar-refractivity contribution is -0.128. The summed E-state index contributed by atoms with van der Waals surface area (Å²) >= 11 is 0. The summed E-state index contributed by atoms with van der Waals surface area (Å²) in [7, 11) is 5.45. The van der Waals surface area contributed by atoms with Crippen molar-refractivity contribution in [3.05, 3.63) is 82.6 Å². The molecular formula is C25H19F3O7. The van der Waals surface area contributed by atoms with E-state index < -0.39 is 40.4 Å². The van der Waals surface area contributed by atoms with Crippen molar-refractivity contribution in [1.82, 2.24) is 0 Å². The van der Waals surface area contributed by atoms with Crippen LogP contribution >= 0.6 is 0 Å². The van der Waals surface area contributed by atoms with Crippen LogP contribution in [0.5, 0.6) is 17.2 Å². The Labute approximate surface area is 198 Å². The van der Waals surface area contributed by atoms with Gasteiger partial charge in [0.15, 0.2) is 17.4 Å². The Morgan fingerprint density at radius 2 is 1.54 bits per heavy atom. The highest BCUT2D eigenvalue weighted by atomic mass is 19.1. The Hall–Kier alpha value is -4.21. The van der Waals surface area contributed by atoms with Crippen molar-refractivity contribution in [3.8, 4) is 17.2 Å². The molecular weight excluding hydrogens is 469 g/mol. The first-order valence-electron chi connectivity index (χ1n) is 10.1. The van der Waals surface area contributed by atoms with E-state index in [2.05, 4.69) is 0 Å². The van der Waals surface area contributed by atoms with E-state index in [1.165, 1.54) is 52.7 Å². The minimum atomic E-state index is -1.39. The number of rotatable bonds is 6. The van der Waals surface area contributed by atoms with Gasteiger partial charge < -0.3 is 23.7 Å². The van der Waals surface area contributed by atoms with Crippen molar-refractivity contribution in [2.24, 2.45) is 0 Å². The Balaban J connectivity index is 1.96. The molecule has 4 rings (SSSR count). The Morgan fingerprint density at radius 3 is 2.11 bits per heavy atom. The van der Waals surface area contributed by atoms with Crippen LogP contribution in [0.4, 0.5) is 13.2 Å². The van der Waals surface area contributed by atoms with Crippen LogP contribution in [0.15, 0.2) is 54.0 Å². The van der Waals surface area contributed by atoms with Gasteiger partial charge in [0.25, 0.3) is 0 Å². The van der Waals surface area contributed by atoms with Crippen molar-refractivity contribution in [1.29, 1.82) is 0 Å². The fourth-order valence-electron chi connectivity index (χ4n) is 4.18. The average molecular weight is 488 g/mol. The van der Waals surface area contributed by atoms with Gasteiger partial charge in [0.2, 0.25) is 11.5 Å². The van der Waals surface area contributed by atoms with Crippen LogP contribution in [0, 0.1) is 17.5 Å². The van der Waals surface area contributed by atoms with E-state index >= 15 is 0 Å². The number of allylic oxidation sites excluding steroid dienone is 2. The summed E-state index contributed by atoms with van der Waals surface area (Å²) in [4.78, 5) is 25.7. The van der Waals surface area contributed by atoms with Crippen LogP contribution in [-0.2, 0) is 24.5 Å². The predicted molar refractivity (Wildman–Crippen MR) is 116 cm³/mol. The van der Waals surface area contributed by atoms with Gasteiger partial charge in [0.05, 0.1) is 39.4 Å². The molecule has 2 aromatic rings. The maximum absolute atomic E-state index is 14.2. The van der Waals surface area contributed by atoms with Gasteiger partial charge in [0, 0.05) is 35.4 Å². The molecule has 0 bridgehead atoms. The number of hydrogen-bond acceptors (Lipinski definition) is 7. The number of fused-ring (bicyclic) bond motifs is 2. The molecule has 0 radical (unpaired) electrons. The van der Waals surface area contributed by atoms with Crippen LogP contribution in [-0.4, -0.2) is 40.2 Å². The molecule has 0 saturated carbocycles. The van der Waals surface area contributed by atoms with Gasteiger partial charge in [-0.05, 0) is 18.2 Å². The van der Waals surface area contributed by atoms with Crippen molar-refractivity contribution in [3.63, 3.8) is 0 Å². The highest BCUT2D eigenvalue weighted by Gasteiger charge is 2.49. The molecule has 35 heavy (non-hydrogen) atoms. The second kappa shape index (κ2) is 8.86. The number of halogens is 3. The molecule has 2 aliphatic carbocycles. The number of carbonyl (C=O) groups excluding carboxylic acids is 2. The van der Waals surface area contributed by atoms with Gasteiger partial charge >= 0.3 is 5.97 Å². The zero-order chi connectivity index (χ0) is 25.5. The van der Waals surface area contributed by atoms with Crippen molar-refractivity contribution in [2.45, 2.75) is 5.41 Å². The predicted octanol–water partition coefficient (Wildman–Crippen LogP) is 4.00. The van der Waals surface area contributed by atoms with Gasteiger partial charge in [-0.3, -0.25) is 4.79 Å². The Bertz CT molecular complexity index is 1320. The SMILES string of the molecule is COC1=CC2(C=C(C(=O)Oc3c(F)cc(F)cc3F)c3cc(OC)cc(OC)c32)C(OC)=CC1=O. The Kier molecular flexibility index (Phi) is 6.06. The fourth-order valence-corrected chi connectivity index (χ4v) is 4.18. The van der Waals surface area contributed by atoms with E-state index in [0.717, 1.165) is 0 Å². The molecule has 0 N–H and O–H groups in total. The molecule has 0 aromatic heterocycles. The summed E-state index contributed by atoms with van der Waals surface area (Å²) in [5.74, 6) is -5.97. The summed E-state index contributed by atoms with van der Waals surface area (Å²) in [6, 6.07) is 3.85. The molecule has 1 atom stereocenters. The van der Waals surface area contributed by atoms with Gasteiger partial charge in [-0.15, -0.1) is 0 Å². The van der Waals surface area contributed by atoms with Gasteiger partial charge in [-0.2, -0.15) is 0 Å². The molecule has 10 heteroatoms. The number of hydrogen-bond donors (Lipinski definition) is 0. The standard InChI is InChI=1S/C25H19F3O7/c1-31-13-7-14-15(24(30)35-23-16(27)5-12(26)6-17(23)28)10-25(22(14)19(8-13)32-2)11-20(33-3)18(29)9-21(25)34-4/h5-11H,1-4H3. The quantitative estimate of drug-likeness (QED) is 0.449. The third-order valence-corrected chi connectivity index (χ3v) is 5.70. The van der Waals surface area contributed by atoms with Crippen molar-refractivity contribution < 1.29 is 46.4 Å². The van der Waals surface area contributed by atoms with E-state index in [9.17, 15) is 22.8 Å². The van der Waals surface area contributed by atoms with Crippen LogP contribution in [0.2, 0.25) is 0 Å². The first-order valence-corrected chi connectivity index (χ1v) is 10.1. The lowest BCUT2D eigenvalue weighted by atomic mass is 9.76. The maximum atomic E-state index is 14.2. The highest BCUT2D eigenvalue weighted by molar-refractivity contribution is 6.21. The lowest BCUT2D eigenvalue weighted by Gasteiger charge is -2.31. The minimum absolute atomic E-state index is 0.0314. The number of methoxy groups -OCH3 is 4. The van der Waals surface area contributed by atoms with Crippen LogP contribution in [0.1, 0.15) is 11.1 Å². The monoisotopic (exact) mass is 488 g/mol. The number of ether oxygens (including phenoxy) is 5. The van der Waals surface area contributed by atoms with Gasteiger partial charge in [-0.25, -0.2) is 18.0 Å². The van der Waals surface area contributed by atoms with E-state index in [1.807, 2.05) is 0 Å². The first kappa shape index (κ1) is 23.9. The summed E-state index contributed by atoms with van der Waals surface area (Å²) < 4.78 is 68.3. The number of ketones is 1. The van der Waals surface area contributed by atoms with Crippen LogP contribution in [0.3, 0.4) is 0 Å². The molecule has 0 heterocycles. The van der Waals surface area contributed by atoms with E-state index in [4.69, 9.17) is 23.7 Å². The first-order chi connectivity index (χ1) is 16.7. The maximum Gasteiger partial charge on any atom is 0.344 e. The molecule has 0 fully saturated rings. The lowest BCUT2D eigenvalue weighted by Crippen LogP contribution is -2.30. The largest absolute Gasteiger partial charge is 0.499 e. The third kappa shape index (κ3) is 3.80. The summed E-state index contributed by atoms with van der Waals surface area (Å²) in [5.41, 5.74) is -0.889. The van der Waals surface area contributed by atoms with E-state index in [0.29, 0.717) is 23.4 Å². The molecule has 0 amide bonds. The molecule has 1 spiro atoms. The molecule has 1 unspecified atom stereocenters. The van der Waals surface area contributed by atoms with E-state index in [-0.39, 0.29) is 28.4 Å². The van der Waals surface area contributed by atoms with Gasteiger partial charge in [-0.1, -0.05) is 0 Å². The average Bonchev–Trinajstić information content (AvgIpc) is 3.16. The summed E-state index contributed by atoms with van der Waals surface area (Å²) in [6.45, 7) is 0. The zero-order valence-electron chi connectivity index (χ0n) is 19.0. The molecule has 0 saturated heterocycles. The zero-order valence-corrected chi connectivity index (χ0v) is 19.0. The second-order valence-corrected chi connectivity index (χ2v) is 7.56. The smallest absolute Gasteiger partial charge is 0.344 e. The summed E-state index contributed by atoms with van der Waals surface area (Å²) in [5, 5.41) is 0.